The quantitative estimate of drug-likeness (QED) is 0.303. The van der Waals surface area contributed by atoms with Crippen LogP contribution < -0.4 is 4.74 Å². The molecule has 3 nitrogen and oxygen atoms in total. The molecule has 0 bridgehead atoms. The molecule has 0 aromatic heterocycles. The van der Waals surface area contributed by atoms with Crippen molar-refractivity contribution in [3.63, 3.8) is 0 Å². The number of ether oxygens (including phenoxy) is 1. The minimum atomic E-state index is -0.303. The molecule has 0 radical (unpaired) electrons. The molecule has 1 aliphatic heterocycles. The lowest BCUT2D eigenvalue weighted by molar-refractivity contribution is -0.126. The van der Waals surface area contributed by atoms with Crippen LogP contribution in [0.4, 0.5) is 4.39 Å². The normalized spacial score (nSPS) is 16.0. The van der Waals surface area contributed by atoms with Crippen LogP contribution in [0.25, 0.3) is 0 Å². The van der Waals surface area contributed by atoms with E-state index in [1.807, 2.05) is 42.5 Å². The fraction of sp³-hybridized carbons (Fsp3) is 0.167. The van der Waals surface area contributed by atoms with E-state index in [0.717, 1.165) is 26.9 Å². The molecular formula is C24H18BrClFNO2S2. The van der Waals surface area contributed by atoms with Gasteiger partial charge in [0.2, 0.25) is 5.91 Å². The monoisotopic (exact) mass is 549 g/mol. The number of thiocarbonyl (C=S) groups is 1. The third kappa shape index (κ3) is 5.70. The van der Waals surface area contributed by atoms with E-state index in [1.54, 1.807) is 17.0 Å². The summed E-state index contributed by atoms with van der Waals surface area (Å²) in [5.74, 6) is 0.397. The minimum absolute atomic E-state index is 0.0245. The van der Waals surface area contributed by atoms with Gasteiger partial charge in [-0.05, 0) is 75.4 Å². The average molecular weight is 551 g/mol. The highest BCUT2D eigenvalue weighted by Crippen LogP contribution is 2.33. The highest BCUT2D eigenvalue weighted by Gasteiger charge is 2.36. The Kier molecular flexibility index (Phi) is 7.51. The number of hydrogen-bond donors (Lipinski definition) is 0. The third-order valence-corrected chi connectivity index (χ3v) is 7.44. The first kappa shape index (κ1) is 23.2. The van der Waals surface area contributed by atoms with Gasteiger partial charge in [-0.2, -0.15) is 0 Å². The minimum Gasteiger partial charge on any atom is -0.488 e. The number of rotatable bonds is 7. The summed E-state index contributed by atoms with van der Waals surface area (Å²) in [4.78, 5) is 14.5. The summed E-state index contributed by atoms with van der Waals surface area (Å²) in [7, 11) is 0. The van der Waals surface area contributed by atoms with Crippen LogP contribution in [0.2, 0.25) is 5.02 Å². The Labute approximate surface area is 209 Å². The summed E-state index contributed by atoms with van der Waals surface area (Å²) in [6, 6.07) is 19.5. The summed E-state index contributed by atoms with van der Waals surface area (Å²) in [6.07, 6.45) is 0.555. The van der Waals surface area contributed by atoms with E-state index < -0.39 is 0 Å². The molecule has 1 fully saturated rings. The second-order valence-electron chi connectivity index (χ2n) is 7.31. The van der Waals surface area contributed by atoms with Gasteiger partial charge < -0.3 is 4.74 Å². The van der Waals surface area contributed by atoms with Crippen LogP contribution in [-0.4, -0.2) is 20.4 Å². The van der Waals surface area contributed by atoms with E-state index in [9.17, 15) is 9.18 Å². The molecule has 0 spiro atoms. The van der Waals surface area contributed by atoms with E-state index in [0.29, 0.717) is 28.9 Å². The molecule has 3 aromatic rings. The van der Waals surface area contributed by atoms with E-state index in [2.05, 4.69) is 15.9 Å². The number of carbonyl (C=O) groups excluding carboxylic acids is 1. The molecule has 32 heavy (non-hydrogen) atoms. The zero-order chi connectivity index (χ0) is 22.7. The van der Waals surface area contributed by atoms with E-state index in [-0.39, 0.29) is 17.0 Å². The maximum atomic E-state index is 13.1. The number of hydrogen-bond acceptors (Lipinski definition) is 4. The summed E-state index contributed by atoms with van der Waals surface area (Å²) in [5, 5.41) is 0.407. The van der Waals surface area contributed by atoms with Gasteiger partial charge in [0.05, 0.1) is 16.3 Å². The molecule has 164 valence electrons. The molecule has 0 unspecified atom stereocenters. The van der Waals surface area contributed by atoms with Crippen molar-refractivity contribution in [2.45, 2.75) is 24.8 Å². The maximum Gasteiger partial charge on any atom is 0.242 e. The lowest BCUT2D eigenvalue weighted by Gasteiger charge is -2.16. The Balaban J connectivity index is 1.37. The van der Waals surface area contributed by atoms with Crippen molar-refractivity contribution in [1.29, 1.82) is 0 Å². The predicted molar refractivity (Wildman–Crippen MR) is 135 cm³/mol. The molecule has 0 aliphatic carbocycles. The SMILES string of the molecule is O=C1[C@H](Cc2ccc(OCc3ccc(Cl)cc3)c(Br)c2)SC(=S)N1Cc1ccc(F)cc1. The van der Waals surface area contributed by atoms with Gasteiger partial charge in [-0.3, -0.25) is 9.69 Å². The number of thioether (sulfide) groups is 1. The van der Waals surface area contributed by atoms with Crippen molar-refractivity contribution < 1.29 is 13.9 Å². The van der Waals surface area contributed by atoms with Crippen LogP contribution in [0.1, 0.15) is 16.7 Å². The Bertz CT molecular complexity index is 1140. The van der Waals surface area contributed by atoms with Crippen LogP contribution in [0, 0.1) is 5.82 Å². The van der Waals surface area contributed by atoms with Crippen LogP contribution in [-0.2, 0) is 24.4 Å². The Morgan fingerprint density at radius 3 is 2.38 bits per heavy atom. The van der Waals surface area contributed by atoms with Gasteiger partial charge in [-0.1, -0.05) is 65.9 Å². The first-order valence-corrected chi connectivity index (χ1v) is 12.3. The van der Waals surface area contributed by atoms with Gasteiger partial charge in [-0.15, -0.1) is 0 Å². The number of carbonyl (C=O) groups is 1. The van der Waals surface area contributed by atoms with Crippen molar-refractivity contribution in [2.24, 2.45) is 0 Å². The highest BCUT2D eigenvalue weighted by molar-refractivity contribution is 9.10. The summed E-state index contributed by atoms with van der Waals surface area (Å²) in [5.41, 5.74) is 2.87. The molecule has 3 aromatic carbocycles. The number of amides is 1. The van der Waals surface area contributed by atoms with Gasteiger partial charge >= 0.3 is 0 Å². The molecule has 8 heteroatoms. The summed E-state index contributed by atoms with van der Waals surface area (Å²) < 4.78 is 20.4. The highest BCUT2D eigenvalue weighted by atomic mass is 79.9. The third-order valence-electron chi connectivity index (χ3n) is 4.98. The van der Waals surface area contributed by atoms with Gasteiger partial charge in [0, 0.05) is 5.02 Å². The van der Waals surface area contributed by atoms with Crippen LogP contribution >= 0.6 is 51.5 Å². The Morgan fingerprint density at radius 1 is 1.03 bits per heavy atom. The number of nitrogens with zero attached hydrogens (tertiary/aromatic N) is 1. The van der Waals surface area contributed by atoms with Crippen molar-refractivity contribution in [2.75, 3.05) is 0 Å². The van der Waals surface area contributed by atoms with Crippen molar-refractivity contribution in [3.05, 3.63) is 98.7 Å². The fourth-order valence-corrected chi connectivity index (χ4v) is 5.49. The Hall–Kier alpha value is -1.93. The molecule has 0 N–H and O–H groups in total. The van der Waals surface area contributed by atoms with Gasteiger partial charge in [0.1, 0.15) is 22.5 Å². The Morgan fingerprint density at radius 2 is 1.69 bits per heavy atom. The van der Waals surface area contributed by atoms with Crippen molar-refractivity contribution >= 4 is 61.7 Å². The van der Waals surface area contributed by atoms with Gasteiger partial charge in [0.25, 0.3) is 0 Å². The van der Waals surface area contributed by atoms with E-state index >= 15 is 0 Å². The molecule has 1 aliphatic rings. The first-order chi connectivity index (χ1) is 15.4. The topological polar surface area (TPSA) is 29.5 Å². The molecule has 1 heterocycles. The molecule has 1 atom stereocenters. The summed E-state index contributed by atoms with van der Waals surface area (Å²) >= 11 is 16.3. The van der Waals surface area contributed by atoms with Gasteiger partial charge in [0.15, 0.2) is 0 Å². The second kappa shape index (κ2) is 10.3. The fourth-order valence-electron chi connectivity index (χ4n) is 3.29. The standard InChI is InChI=1S/C24H18BrClFNO2S2/c25-20-11-17(5-10-21(20)30-14-16-1-6-18(26)7-2-16)12-22-23(29)28(24(31)32-22)13-15-3-8-19(27)9-4-15/h1-11,22H,12-14H2/t22-/m0/s1. The van der Waals surface area contributed by atoms with Crippen LogP contribution in [0.5, 0.6) is 5.75 Å². The molecule has 1 saturated heterocycles. The lowest BCUT2D eigenvalue weighted by Crippen LogP contribution is -2.31. The second-order valence-corrected chi connectivity index (χ2v) is 10.4. The molecule has 1 amide bonds. The van der Waals surface area contributed by atoms with Crippen LogP contribution in [0.3, 0.4) is 0 Å². The number of halogens is 3. The van der Waals surface area contributed by atoms with E-state index in [1.165, 1.54) is 23.9 Å². The van der Waals surface area contributed by atoms with Crippen LogP contribution in [0.15, 0.2) is 71.2 Å². The molecular weight excluding hydrogens is 533 g/mol. The zero-order valence-corrected chi connectivity index (χ0v) is 20.7. The van der Waals surface area contributed by atoms with Gasteiger partial charge in [-0.25, -0.2) is 4.39 Å². The largest absolute Gasteiger partial charge is 0.488 e. The predicted octanol–water partition coefficient (Wildman–Crippen LogP) is 6.79. The molecule has 4 rings (SSSR count). The lowest BCUT2D eigenvalue weighted by atomic mass is 10.1. The zero-order valence-electron chi connectivity index (χ0n) is 16.8. The molecule has 0 saturated carbocycles. The average Bonchev–Trinajstić information content (AvgIpc) is 3.03. The summed E-state index contributed by atoms with van der Waals surface area (Å²) in [6.45, 7) is 0.779. The maximum absolute atomic E-state index is 13.1. The van der Waals surface area contributed by atoms with Crippen molar-refractivity contribution in [3.8, 4) is 5.75 Å². The smallest absolute Gasteiger partial charge is 0.242 e. The number of benzene rings is 3. The first-order valence-electron chi connectivity index (χ1n) is 9.81. The van der Waals surface area contributed by atoms with E-state index in [4.69, 9.17) is 28.6 Å². The van der Waals surface area contributed by atoms with Crippen molar-refractivity contribution in [1.82, 2.24) is 4.90 Å².